The minimum Gasteiger partial charge on any atom is -0.481 e. The number of anilines is 1. The van der Waals surface area contributed by atoms with Gasteiger partial charge in [-0.3, -0.25) is 4.79 Å². The zero-order chi connectivity index (χ0) is 14.5. The Bertz CT molecular complexity index is 596. The van der Waals surface area contributed by atoms with Crippen LogP contribution in [0.15, 0.2) is 53.0 Å². The highest BCUT2D eigenvalue weighted by Gasteiger charge is 2.15. The molecule has 0 aromatic heterocycles. The molecule has 0 radical (unpaired) electrons. The van der Waals surface area contributed by atoms with E-state index in [9.17, 15) is 4.79 Å². The molecule has 20 heavy (non-hydrogen) atoms. The smallest absolute Gasteiger partial charge is 0.265 e. The lowest BCUT2D eigenvalue weighted by atomic mass is 10.2. The molecule has 0 bridgehead atoms. The predicted octanol–water partition coefficient (Wildman–Crippen LogP) is 4.16. The summed E-state index contributed by atoms with van der Waals surface area (Å²) in [6, 6.07) is 15.1. The van der Waals surface area contributed by atoms with Crippen molar-refractivity contribution < 1.29 is 9.53 Å². The molecular weight excluding hydrogens is 318 g/mol. The van der Waals surface area contributed by atoms with Gasteiger partial charge in [-0.15, -0.1) is 0 Å². The quantitative estimate of drug-likeness (QED) is 0.912. The van der Waals surface area contributed by atoms with Gasteiger partial charge in [0.05, 0.1) is 5.69 Å². The van der Waals surface area contributed by atoms with Gasteiger partial charge < -0.3 is 10.1 Å². The van der Waals surface area contributed by atoms with Gasteiger partial charge in [-0.1, -0.05) is 29.8 Å². The van der Waals surface area contributed by atoms with Gasteiger partial charge in [0.25, 0.3) is 5.91 Å². The van der Waals surface area contributed by atoms with Gasteiger partial charge >= 0.3 is 0 Å². The van der Waals surface area contributed by atoms with Crippen molar-refractivity contribution in [2.75, 3.05) is 5.32 Å². The maximum atomic E-state index is 12.1. The van der Waals surface area contributed by atoms with E-state index in [1.807, 2.05) is 55.5 Å². The predicted molar refractivity (Wildman–Crippen MR) is 84.0 cm³/mol. The van der Waals surface area contributed by atoms with Crippen molar-refractivity contribution in [2.24, 2.45) is 0 Å². The van der Waals surface area contributed by atoms with Crippen LogP contribution in [0.3, 0.4) is 0 Å². The molecular formula is C16H16BrNO2. The lowest BCUT2D eigenvalue weighted by Crippen LogP contribution is -2.30. The molecule has 2 rings (SSSR count). The first-order valence-corrected chi connectivity index (χ1v) is 7.14. The van der Waals surface area contributed by atoms with E-state index in [2.05, 4.69) is 21.2 Å². The standard InChI is InChI=1S/C16H16BrNO2/c1-11-7-9-13(10-8-11)20-12(2)16(19)18-15-6-4-3-5-14(15)17/h3-10,12H,1-2H3,(H,18,19). The van der Waals surface area contributed by atoms with Gasteiger partial charge in [-0.05, 0) is 54.0 Å². The summed E-state index contributed by atoms with van der Waals surface area (Å²) in [6.07, 6.45) is -0.565. The monoisotopic (exact) mass is 333 g/mol. The van der Waals surface area contributed by atoms with Crippen LogP contribution in [0, 0.1) is 6.92 Å². The molecule has 4 heteroatoms. The third kappa shape index (κ3) is 3.84. The number of para-hydroxylation sites is 1. The van der Waals surface area contributed by atoms with Crippen molar-refractivity contribution in [1.29, 1.82) is 0 Å². The molecule has 1 amide bonds. The highest BCUT2D eigenvalue weighted by Crippen LogP contribution is 2.21. The number of hydrogen-bond donors (Lipinski definition) is 1. The Morgan fingerprint density at radius 2 is 1.80 bits per heavy atom. The second-order valence-corrected chi connectivity index (χ2v) is 5.40. The largest absolute Gasteiger partial charge is 0.481 e. The van der Waals surface area contributed by atoms with Crippen LogP contribution in [0.1, 0.15) is 12.5 Å². The number of carbonyl (C=O) groups excluding carboxylic acids is 1. The average molecular weight is 334 g/mol. The highest BCUT2D eigenvalue weighted by molar-refractivity contribution is 9.10. The molecule has 2 aromatic rings. The summed E-state index contributed by atoms with van der Waals surface area (Å²) in [6.45, 7) is 3.74. The number of carbonyl (C=O) groups is 1. The number of ether oxygens (including phenoxy) is 1. The minimum atomic E-state index is -0.565. The molecule has 0 saturated carbocycles. The molecule has 3 nitrogen and oxygen atoms in total. The summed E-state index contributed by atoms with van der Waals surface area (Å²) >= 11 is 3.39. The molecule has 1 atom stereocenters. The van der Waals surface area contributed by atoms with Crippen molar-refractivity contribution in [1.82, 2.24) is 0 Å². The summed E-state index contributed by atoms with van der Waals surface area (Å²) in [5, 5.41) is 2.83. The Kier molecular flexibility index (Phi) is 4.79. The van der Waals surface area contributed by atoms with Crippen LogP contribution in [0.5, 0.6) is 5.75 Å². The third-order valence-electron chi connectivity index (χ3n) is 2.83. The molecule has 1 N–H and O–H groups in total. The van der Waals surface area contributed by atoms with E-state index in [1.165, 1.54) is 0 Å². The van der Waals surface area contributed by atoms with Crippen LogP contribution in [-0.2, 0) is 4.79 Å². The van der Waals surface area contributed by atoms with E-state index in [4.69, 9.17) is 4.74 Å². The minimum absolute atomic E-state index is 0.183. The first-order valence-electron chi connectivity index (χ1n) is 6.35. The summed E-state index contributed by atoms with van der Waals surface area (Å²) < 4.78 is 6.46. The molecule has 0 heterocycles. The second-order valence-electron chi connectivity index (χ2n) is 4.54. The van der Waals surface area contributed by atoms with Crippen LogP contribution < -0.4 is 10.1 Å². The molecule has 2 aromatic carbocycles. The van der Waals surface area contributed by atoms with E-state index in [1.54, 1.807) is 6.92 Å². The normalized spacial score (nSPS) is 11.8. The highest BCUT2D eigenvalue weighted by atomic mass is 79.9. The van der Waals surface area contributed by atoms with Crippen molar-refractivity contribution in [3.8, 4) is 5.75 Å². The van der Waals surface area contributed by atoms with Crippen molar-refractivity contribution in [2.45, 2.75) is 20.0 Å². The zero-order valence-electron chi connectivity index (χ0n) is 11.4. The van der Waals surface area contributed by atoms with E-state index in [0.29, 0.717) is 5.75 Å². The topological polar surface area (TPSA) is 38.3 Å². The van der Waals surface area contributed by atoms with Gasteiger partial charge in [-0.25, -0.2) is 0 Å². The lowest BCUT2D eigenvalue weighted by molar-refractivity contribution is -0.122. The summed E-state index contributed by atoms with van der Waals surface area (Å²) in [7, 11) is 0. The van der Waals surface area contributed by atoms with Gasteiger partial charge in [0.1, 0.15) is 5.75 Å². The number of rotatable bonds is 4. The number of halogens is 1. The van der Waals surface area contributed by atoms with Crippen LogP contribution in [-0.4, -0.2) is 12.0 Å². The van der Waals surface area contributed by atoms with Crippen LogP contribution >= 0.6 is 15.9 Å². The fourth-order valence-corrected chi connectivity index (χ4v) is 2.06. The SMILES string of the molecule is Cc1ccc(OC(C)C(=O)Nc2ccccc2Br)cc1. The molecule has 0 saturated heterocycles. The van der Waals surface area contributed by atoms with Crippen molar-refractivity contribution in [3.05, 3.63) is 58.6 Å². The zero-order valence-corrected chi connectivity index (χ0v) is 13.0. The average Bonchev–Trinajstić information content (AvgIpc) is 2.44. The molecule has 0 spiro atoms. The Morgan fingerprint density at radius 3 is 2.45 bits per heavy atom. The number of aryl methyl sites for hydroxylation is 1. The maximum Gasteiger partial charge on any atom is 0.265 e. The van der Waals surface area contributed by atoms with Crippen LogP contribution in [0.2, 0.25) is 0 Å². The van der Waals surface area contributed by atoms with Gasteiger partial charge in [-0.2, -0.15) is 0 Å². The molecule has 1 unspecified atom stereocenters. The van der Waals surface area contributed by atoms with Crippen molar-refractivity contribution >= 4 is 27.5 Å². The van der Waals surface area contributed by atoms with E-state index in [-0.39, 0.29) is 5.91 Å². The fraction of sp³-hybridized carbons (Fsp3) is 0.188. The molecule has 0 aliphatic carbocycles. The Balaban J connectivity index is 1.99. The van der Waals surface area contributed by atoms with E-state index >= 15 is 0 Å². The summed E-state index contributed by atoms with van der Waals surface area (Å²) in [5.41, 5.74) is 1.89. The number of nitrogens with one attached hydrogen (secondary N) is 1. The fourth-order valence-electron chi connectivity index (χ4n) is 1.67. The molecule has 0 aliphatic heterocycles. The van der Waals surface area contributed by atoms with Gasteiger partial charge in [0.15, 0.2) is 6.10 Å². The summed E-state index contributed by atoms with van der Waals surface area (Å²) in [4.78, 5) is 12.1. The van der Waals surface area contributed by atoms with Crippen LogP contribution in [0.25, 0.3) is 0 Å². The molecule has 104 valence electrons. The van der Waals surface area contributed by atoms with E-state index in [0.717, 1.165) is 15.7 Å². The molecule has 0 fully saturated rings. The number of benzene rings is 2. The number of hydrogen-bond acceptors (Lipinski definition) is 2. The Hall–Kier alpha value is -1.81. The van der Waals surface area contributed by atoms with Gasteiger partial charge in [0, 0.05) is 4.47 Å². The number of amides is 1. The van der Waals surface area contributed by atoms with Crippen molar-refractivity contribution in [3.63, 3.8) is 0 Å². The third-order valence-corrected chi connectivity index (χ3v) is 3.53. The summed E-state index contributed by atoms with van der Waals surface area (Å²) in [5.74, 6) is 0.503. The second kappa shape index (κ2) is 6.57. The lowest BCUT2D eigenvalue weighted by Gasteiger charge is -2.15. The Labute approximate surface area is 127 Å². The first-order chi connectivity index (χ1) is 9.56. The Morgan fingerprint density at radius 1 is 1.15 bits per heavy atom. The van der Waals surface area contributed by atoms with E-state index < -0.39 is 6.10 Å². The maximum absolute atomic E-state index is 12.1. The van der Waals surface area contributed by atoms with Gasteiger partial charge in [0.2, 0.25) is 0 Å². The van der Waals surface area contributed by atoms with Crippen LogP contribution in [0.4, 0.5) is 5.69 Å². The first kappa shape index (κ1) is 14.6. The molecule has 0 aliphatic rings.